The first-order valence-electron chi connectivity index (χ1n) is 42.9. The van der Waals surface area contributed by atoms with Gasteiger partial charge in [-0.25, -0.2) is 14.4 Å². The van der Waals surface area contributed by atoms with E-state index in [2.05, 4.69) is 154 Å². The van der Waals surface area contributed by atoms with Crippen molar-refractivity contribution in [3.8, 4) is 45.3 Å². The summed E-state index contributed by atoms with van der Waals surface area (Å²) in [7, 11) is 5.08. The van der Waals surface area contributed by atoms with Crippen molar-refractivity contribution in [3.63, 3.8) is 0 Å². The van der Waals surface area contributed by atoms with Crippen molar-refractivity contribution in [1.82, 2.24) is 20.0 Å². The third-order valence-electron chi connectivity index (χ3n) is 28.7. The van der Waals surface area contributed by atoms with Gasteiger partial charge < -0.3 is 64.3 Å². The number of likely N-dealkylation sites (tertiary alicyclic amines) is 3. The molecule has 0 aromatic heterocycles. The molecule has 7 aromatic carbocycles. The van der Waals surface area contributed by atoms with Crippen LogP contribution < -0.4 is 24.2 Å². The molecule has 4 saturated heterocycles. The van der Waals surface area contributed by atoms with E-state index < -0.39 is 23.9 Å². The van der Waals surface area contributed by atoms with E-state index in [-0.39, 0.29) is 28.4 Å². The highest BCUT2D eigenvalue weighted by molar-refractivity contribution is 9.10. The van der Waals surface area contributed by atoms with Gasteiger partial charge in [-0.1, -0.05) is 130 Å². The SMILES string of the molecule is Brc1ccc(C2CC23CCNCC3)cc1.COc1ccc(C(=O)O)cc1-c1ccc([C@@H]2CC23CCN(C(=O)C2CCC2)CC3)cc1.COc1ccc(C(=O)O)cc1-c1ccc([C@H]2CC23CCN(C(=O)C2CCC2)CC3)cc1.COc1ccc(C(=O)O)cc1O[B]O.O=C(C1CCC1)N1CCC2(CC1)CC2c1ccc(Br)cc1.O=C(O)C1CCC1. The van der Waals surface area contributed by atoms with Crippen LogP contribution in [0.4, 0.5) is 0 Å². The predicted octanol–water partition coefficient (Wildman–Crippen LogP) is 18.7. The zero-order valence-corrected chi connectivity index (χ0v) is 71.8. The first kappa shape index (κ1) is 86.4. The van der Waals surface area contributed by atoms with Gasteiger partial charge in [-0.05, 0) is 299 Å². The number of methoxy groups -OCH3 is 3. The molecule has 4 spiro atoms. The number of halogens is 2. The first-order valence-corrected chi connectivity index (χ1v) is 44.5. The van der Waals surface area contributed by atoms with Gasteiger partial charge >= 0.3 is 31.6 Å². The average Bonchev–Trinajstić information content (AvgIpc) is 1.60. The molecule has 12 aliphatic rings. The lowest BCUT2D eigenvalue weighted by Crippen LogP contribution is -2.44. The fraction of sp³-hybridized carbons (Fsp3) is 0.490. The van der Waals surface area contributed by atoms with Gasteiger partial charge in [0.2, 0.25) is 17.7 Å². The number of hydrogen-bond acceptors (Lipinski definition) is 13. The number of nitrogens with one attached hydrogen (secondary N) is 1. The van der Waals surface area contributed by atoms with Crippen LogP contribution in [-0.2, 0) is 19.2 Å². The van der Waals surface area contributed by atoms with Gasteiger partial charge in [0, 0.05) is 77.1 Å². The number of carbonyl (C=O) groups is 7. The Hall–Kier alpha value is -9.03. The number of amides is 3. The molecule has 629 valence electrons. The molecule has 8 saturated carbocycles. The Morgan fingerprint density at radius 1 is 0.370 bits per heavy atom. The minimum atomic E-state index is -1.07. The lowest BCUT2D eigenvalue weighted by atomic mass is 9.82. The van der Waals surface area contributed by atoms with Crippen LogP contribution >= 0.6 is 31.9 Å². The number of carbonyl (C=O) groups excluding carboxylic acids is 3. The molecule has 0 bridgehead atoms. The molecule has 20 nitrogen and oxygen atoms in total. The molecule has 12 fully saturated rings. The van der Waals surface area contributed by atoms with Crippen molar-refractivity contribution in [3.05, 3.63) is 200 Å². The Kier molecular flexibility index (Phi) is 27.5. The second-order valence-electron chi connectivity index (χ2n) is 35.2. The highest BCUT2D eigenvalue weighted by atomic mass is 79.9. The molecule has 3 amide bonds. The van der Waals surface area contributed by atoms with Crippen LogP contribution in [0, 0.1) is 45.3 Å². The Labute approximate surface area is 716 Å². The Balaban J connectivity index is 0.000000123. The average molecular weight is 1750 g/mol. The van der Waals surface area contributed by atoms with Gasteiger partial charge in [0.25, 0.3) is 0 Å². The summed E-state index contributed by atoms with van der Waals surface area (Å²) >= 11 is 7.00. The van der Waals surface area contributed by atoms with E-state index in [0.29, 0.717) is 93.9 Å². The summed E-state index contributed by atoms with van der Waals surface area (Å²) in [6.45, 7) is 8.03. The number of hydrogen-bond donors (Lipinski definition) is 6. The number of carboxylic acid groups (broad SMARTS) is 4. The number of aromatic carboxylic acids is 3. The zero-order valence-electron chi connectivity index (χ0n) is 68.6. The third kappa shape index (κ3) is 20.1. The van der Waals surface area contributed by atoms with E-state index in [1.54, 1.807) is 56.2 Å². The molecule has 19 rings (SSSR count). The summed E-state index contributed by atoms with van der Waals surface area (Å²) in [6, 6.07) is 48.7. The monoisotopic (exact) mass is 1750 g/mol. The first-order chi connectivity index (χ1) is 57.5. The maximum Gasteiger partial charge on any atom is 0.569 e. The van der Waals surface area contributed by atoms with Crippen LogP contribution in [0.15, 0.2) is 161 Å². The number of piperidine rings is 4. The minimum absolute atomic E-state index is 0.000000000000000444. The van der Waals surface area contributed by atoms with Gasteiger partial charge in [-0.2, -0.15) is 0 Å². The van der Waals surface area contributed by atoms with Crippen molar-refractivity contribution >= 4 is 81.1 Å². The fourth-order valence-electron chi connectivity index (χ4n) is 19.6. The standard InChI is InChI=1S/2C26H29NO4.C18H22BrNO.C13H16BrN.C8H8BO5.C5H8O2/c2*1-31-23-10-9-20(25(29)30)15-21(23)17-5-7-18(8-6-17)22-16-26(22)11-13-27(14-12-26)24(28)19-3-2-4-19;19-15-6-4-13(5-7-15)16-12-18(16)8-10-20(11-9-18)17(21)14-2-1-3-14;14-11-3-1-10(2-4-11)12-9-13(12)5-7-15-8-6-13;1-13-6-3-2-5(8(10)11)4-7(6)14-9-12;6-5(7)4-2-1-3-4/h2*5-10,15,19,22H,2-4,11-14,16H2,1H3,(H,29,30);4-7,14,16H,1-3,8-12H2;1-4,12,15H,5-9H2;2-4,12H,1H3,(H,10,11);4H,1-3H2,(H,6,7)/t2*22-;;;;/m10..../s1. The molecule has 119 heavy (non-hydrogen) atoms. The lowest BCUT2D eigenvalue weighted by molar-refractivity contribution is -0.144. The summed E-state index contributed by atoms with van der Waals surface area (Å²) in [5.74, 6) is 3.14. The number of benzene rings is 7. The molecule has 4 aliphatic heterocycles. The van der Waals surface area contributed by atoms with Crippen molar-refractivity contribution in [2.75, 3.05) is 73.7 Å². The van der Waals surface area contributed by atoms with Crippen LogP contribution in [0.25, 0.3) is 22.3 Å². The third-order valence-corrected chi connectivity index (χ3v) is 29.7. The Morgan fingerprint density at radius 3 is 0.916 bits per heavy atom. The topological polar surface area (TPSA) is 279 Å². The fourth-order valence-corrected chi connectivity index (χ4v) is 20.1. The van der Waals surface area contributed by atoms with Crippen LogP contribution in [0.2, 0.25) is 0 Å². The van der Waals surface area contributed by atoms with Crippen molar-refractivity contribution in [2.24, 2.45) is 45.3 Å². The largest absolute Gasteiger partial charge is 0.569 e. The molecular weight excluding hydrogens is 1640 g/mol. The Bertz CT molecular complexity index is 4580. The molecule has 8 aliphatic carbocycles. The lowest BCUT2D eigenvalue weighted by Gasteiger charge is -2.37. The summed E-state index contributed by atoms with van der Waals surface area (Å²) in [4.78, 5) is 87.0. The Morgan fingerprint density at radius 2 is 0.655 bits per heavy atom. The van der Waals surface area contributed by atoms with Gasteiger partial charge in [0.1, 0.15) is 17.2 Å². The van der Waals surface area contributed by atoms with Crippen LogP contribution in [0.1, 0.15) is 231 Å². The normalized spacial score (nSPS) is 22.2. The van der Waals surface area contributed by atoms with E-state index in [1.165, 1.54) is 130 Å². The molecule has 6 N–H and O–H groups in total. The smallest absolute Gasteiger partial charge is 0.535 e. The van der Waals surface area contributed by atoms with Crippen molar-refractivity contribution < 1.29 is 77.9 Å². The van der Waals surface area contributed by atoms with Crippen LogP contribution in [0.5, 0.6) is 23.0 Å². The maximum atomic E-state index is 12.5. The molecule has 4 heterocycles. The molecule has 1 radical (unpaired) electrons. The van der Waals surface area contributed by atoms with Crippen LogP contribution in [-0.4, -0.2) is 163 Å². The minimum Gasteiger partial charge on any atom is -0.535 e. The second-order valence-corrected chi connectivity index (χ2v) is 37.1. The summed E-state index contributed by atoms with van der Waals surface area (Å²) in [5, 5.41) is 47.4. The number of aliphatic carboxylic acids is 1. The van der Waals surface area contributed by atoms with E-state index in [0.717, 1.165) is 161 Å². The van der Waals surface area contributed by atoms with E-state index in [9.17, 15) is 43.8 Å². The van der Waals surface area contributed by atoms with E-state index in [1.807, 2.05) is 0 Å². The van der Waals surface area contributed by atoms with Gasteiger partial charge in [-0.3, -0.25) is 19.2 Å². The zero-order chi connectivity index (χ0) is 83.8. The quantitative estimate of drug-likeness (QED) is 0.0436. The highest BCUT2D eigenvalue weighted by Crippen LogP contribution is 2.68. The van der Waals surface area contributed by atoms with Crippen molar-refractivity contribution in [2.45, 2.75) is 178 Å². The molecule has 23 heteroatoms. The molecule has 2 unspecified atom stereocenters. The van der Waals surface area contributed by atoms with Crippen molar-refractivity contribution in [1.29, 1.82) is 0 Å². The summed E-state index contributed by atoms with van der Waals surface area (Å²) in [5.41, 5.74) is 11.7. The van der Waals surface area contributed by atoms with Gasteiger partial charge in [0.05, 0.1) is 43.9 Å². The highest BCUT2D eigenvalue weighted by Gasteiger charge is 2.59. The number of rotatable bonds is 18. The molecule has 7 aromatic rings. The maximum absolute atomic E-state index is 12.5. The van der Waals surface area contributed by atoms with E-state index in [4.69, 9.17) is 29.4 Å². The van der Waals surface area contributed by atoms with E-state index >= 15 is 0 Å². The van der Waals surface area contributed by atoms with Gasteiger partial charge in [0.15, 0.2) is 5.75 Å². The molecular formula is C96H112BBr2N4O16. The summed E-state index contributed by atoms with van der Waals surface area (Å²) in [6.07, 6.45) is 27.8. The number of carboxylic acids is 4. The van der Waals surface area contributed by atoms with Gasteiger partial charge in [-0.15, -0.1) is 0 Å². The predicted molar refractivity (Wildman–Crippen MR) is 463 cm³/mol. The molecule has 4 atom stereocenters. The number of nitrogens with zero attached hydrogens (tertiary/aromatic N) is 3. The second kappa shape index (κ2) is 37.9. The number of ether oxygens (including phenoxy) is 3. The van der Waals surface area contributed by atoms with Crippen LogP contribution in [0.3, 0.4) is 0 Å². The summed E-state index contributed by atoms with van der Waals surface area (Å²) < 4.78 is 22.8.